The number of hydrogen-bond donors (Lipinski definition) is 1. The van der Waals surface area contributed by atoms with E-state index in [1.807, 2.05) is 124 Å². The summed E-state index contributed by atoms with van der Waals surface area (Å²) in [5.74, 6) is -1.63. The summed E-state index contributed by atoms with van der Waals surface area (Å²) in [6.45, 7) is 4.82. The van der Waals surface area contributed by atoms with Crippen LogP contribution in [0.15, 0.2) is 113 Å². The second-order valence-corrected chi connectivity index (χ2v) is 19.9. The van der Waals surface area contributed by atoms with E-state index in [2.05, 4.69) is 36.2 Å². The van der Waals surface area contributed by atoms with Gasteiger partial charge in [0.15, 0.2) is 0 Å². The summed E-state index contributed by atoms with van der Waals surface area (Å²) in [6.07, 6.45) is 3.56. The molecule has 0 bridgehead atoms. The zero-order valence-electron chi connectivity index (χ0n) is 42.4. The molecule has 16 nitrogen and oxygen atoms in total. The van der Waals surface area contributed by atoms with Crippen LogP contribution in [0.1, 0.15) is 77.8 Å². The normalized spacial score (nSPS) is 16.4. The van der Waals surface area contributed by atoms with Gasteiger partial charge in [0.1, 0.15) is 42.6 Å². The zero-order valence-corrected chi connectivity index (χ0v) is 42.4. The summed E-state index contributed by atoms with van der Waals surface area (Å²) in [4.78, 5) is 76.7. The number of carbonyl (C=O) groups is 5. The van der Waals surface area contributed by atoms with E-state index < -0.39 is 40.8 Å². The molecular weight excluding hydrogens is 941 g/mol. The Balaban J connectivity index is 0.791. The van der Waals surface area contributed by atoms with E-state index in [0.717, 1.165) is 49.6 Å². The van der Waals surface area contributed by atoms with Gasteiger partial charge in [-0.15, -0.1) is 5.06 Å². The number of aryl methyl sites for hydroxylation is 1. The summed E-state index contributed by atoms with van der Waals surface area (Å²) in [5.41, 5.74) is 5.62. The number of aliphatic imine (C=N–C) groups is 1. The Morgan fingerprint density at radius 2 is 1.64 bits per heavy atom. The van der Waals surface area contributed by atoms with Crippen LogP contribution in [-0.2, 0) is 31.1 Å². The molecule has 1 spiro atoms. The smallest absolute Gasteiger partial charge is 0.333 e. The van der Waals surface area contributed by atoms with Crippen LogP contribution in [-0.4, -0.2) is 95.1 Å². The van der Waals surface area contributed by atoms with Gasteiger partial charge in [-0.1, -0.05) is 30.3 Å². The Labute approximate surface area is 427 Å². The van der Waals surface area contributed by atoms with E-state index >= 15 is 0 Å². The number of nitrogens with zero attached hydrogens (tertiary/aromatic N) is 5. The van der Waals surface area contributed by atoms with Gasteiger partial charge in [-0.3, -0.25) is 19.4 Å². The van der Waals surface area contributed by atoms with Crippen molar-refractivity contribution in [3.63, 3.8) is 0 Å². The molecule has 1 aliphatic carbocycles. The van der Waals surface area contributed by atoms with Crippen LogP contribution < -0.4 is 39.6 Å². The van der Waals surface area contributed by atoms with Crippen LogP contribution in [0.4, 0.5) is 17.1 Å². The average Bonchev–Trinajstić information content (AvgIpc) is 3.77. The van der Waals surface area contributed by atoms with Crippen molar-refractivity contribution in [1.29, 1.82) is 0 Å². The number of rotatable bonds is 14. The van der Waals surface area contributed by atoms with E-state index in [0.29, 0.717) is 70.6 Å². The molecule has 16 heteroatoms. The van der Waals surface area contributed by atoms with Gasteiger partial charge in [0.05, 0.1) is 30.3 Å². The molecule has 1 atom stereocenters. The molecule has 1 N–H and O–H groups in total. The minimum absolute atomic E-state index is 0.0494. The predicted octanol–water partition coefficient (Wildman–Crippen LogP) is 7.17. The van der Waals surface area contributed by atoms with Crippen LogP contribution in [0.3, 0.4) is 0 Å². The van der Waals surface area contributed by atoms with E-state index in [4.69, 9.17) is 23.7 Å². The fraction of sp³-hybridized carbons (Fsp3) is 0.293. The van der Waals surface area contributed by atoms with Gasteiger partial charge >= 0.3 is 5.97 Å². The van der Waals surface area contributed by atoms with Crippen molar-refractivity contribution in [3.05, 3.63) is 131 Å². The van der Waals surface area contributed by atoms with E-state index in [-0.39, 0.29) is 36.9 Å². The van der Waals surface area contributed by atoms with Crippen LogP contribution in [0.5, 0.6) is 11.5 Å². The van der Waals surface area contributed by atoms with Gasteiger partial charge in [0, 0.05) is 103 Å². The number of imide groups is 1. The zero-order chi connectivity index (χ0) is 52.2. The highest BCUT2D eigenvalue weighted by molar-refractivity contribution is 6.09. The highest BCUT2D eigenvalue weighted by Crippen LogP contribution is 2.55. The van der Waals surface area contributed by atoms with Crippen molar-refractivity contribution >= 4 is 74.7 Å². The van der Waals surface area contributed by atoms with Gasteiger partial charge in [0.25, 0.3) is 17.7 Å². The molecule has 378 valence electrons. The molecule has 4 aliphatic heterocycles. The number of benzene rings is 6. The molecule has 3 amide bonds. The quantitative estimate of drug-likeness (QED) is 0.0502. The largest absolute Gasteiger partial charge is 0.545 e. The fourth-order valence-electron chi connectivity index (χ4n) is 10.3. The molecule has 74 heavy (non-hydrogen) atoms. The third-order valence-corrected chi connectivity index (χ3v) is 14.5. The molecule has 0 radical (unpaired) electrons. The molecule has 10 rings (SSSR count). The third-order valence-electron chi connectivity index (χ3n) is 14.5. The maximum Gasteiger partial charge on any atom is 0.333 e. The second kappa shape index (κ2) is 19.1. The maximum atomic E-state index is 13.5. The number of carbonyl (C=O) groups excluding carboxylic acids is 5. The lowest BCUT2D eigenvalue weighted by atomic mass is 9.77. The van der Waals surface area contributed by atoms with Crippen LogP contribution in [0.2, 0.25) is 0 Å². The number of aromatic carboxylic acids is 1. The van der Waals surface area contributed by atoms with Crippen molar-refractivity contribution in [2.45, 2.75) is 63.5 Å². The Hall–Kier alpha value is -8.53. The number of carboxylic acid groups (broad SMARTS) is 1. The van der Waals surface area contributed by atoms with Gasteiger partial charge in [0.2, 0.25) is 11.1 Å². The summed E-state index contributed by atoms with van der Waals surface area (Å²) in [7, 11) is 9.74. The average molecular weight is 997 g/mol. The van der Waals surface area contributed by atoms with Crippen molar-refractivity contribution in [2.75, 3.05) is 58.2 Å². The first-order valence-corrected chi connectivity index (χ1v) is 24.6. The monoisotopic (exact) mass is 996 g/mol. The van der Waals surface area contributed by atoms with Crippen molar-refractivity contribution < 1.29 is 47.8 Å². The first kappa shape index (κ1) is 49.1. The summed E-state index contributed by atoms with van der Waals surface area (Å²) in [6, 6.07) is 32.2. The predicted molar refractivity (Wildman–Crippen MR) is 280 cm³/mol. The minimum atomic E-state index is -1.41. The standard InChI is InChI=1S/C58H56N6O10/c1-57(2)45-28-34(10-8-11-52(67)74-64-50(65)24-25-51(64)66)12-22-46(45)63(7)58(57)33-60-54-43-32-39(18-13-35(43)15-23-47(54)73-58)71-27-9-26-59-55(68)36-14-19-40(44(29-36)56(69)70)53-41-20-16-37(61(3)4)30-48(41)72-49-31-38(62(5)6)17-21-42(49)53/h12-23,28-33H,8-11,24-27H2,1-7H3,(H-,59,68,69,70). The SMILES string of the molecule is CN(C)c1ccc2c(-c3ccc(C(=O)NCCCOc4ccc5ccc6c(c5c4)N=CC4(O6)N(C)c5ccc(CCCC(=O)ON6C(=O)CCC6=O)cc5C4(C)C)cc3C(=O)[O-])c3ccc(=[N+](C)C)cc-3oc2c1. The van der Waals surface area contributed by atoms with Gasteiger partial charge < -0.3 is 43.7 Å². The number of hydrogen-bond acceptors (Lipinski definition) is 13. The van der Waals surface area contributed by atoms with E-state index in [1.54, 1.807) is 12.1 Å². The first-order valence-electron chi connectivity index (χ1n) is 24.6. The molecule has 0 saturated carbocycles. The van der Waals surface area contributed by atoms with Crippen molar-refractivity contribution in [2.24, 2.45) is 4.99 Å². The lowest BCUT2D eigenvalue weighted by molar-refractivity contribution is -0.255. The molecule has 1 saturated heterocycles. The number of ether oxygens (including phenoxy) is 2. The Bertz CT molecular complexity index is 3540. The van der Waals surface area contributed by atoms with Gasteiger partial charge in [-0.2, -0.15) is 0 Å². The fourth-order valence-corrected chi connectivity index (χ4v) is 10.3. The number of nitrogens with one attached hydrogen (secondary N) is 1. The molecule has 0 aromatic heterocycles. The number of anilines is 2. The summed E-state index contributed by atoms with van der Waals surface area (Å²) in [5, 5.41) is 19.8. The highest BCUT2D eigenvalue weighted by Gasteiger charge is 2.58. The molecule has 1 unspecified atom stereocenters. The molecule has 1 fully saturated rings. The highest BCUT2D eigenvalue weighted by atomic mass is 16.7. The molecule has 5 aliphatic rings. The Kier molecular flexibility index (Phi) is 12.7. The van der Waals surface area contributed by atoms with Gasteiger partial charge in [-0.05, 0) is 110 Å². The Morgan fingerprint density at radius 1 is 0.865 bits per heavy atom. The lowest BCUT2D eigenvalue weighted by Gasteiger charge is -2.45. The molecule has 4 heterocycles. The van der Waals surface area contributed by atoms with Crippen LogP contribution in [0.25, 0.3) is 44.2 Å². The van der Waals surface area contributed by atoms with Gasteiger partial charge in [-0.25, -0.2) is 9.37 Å². The molecule has 5 aromatic rings. The lowest BCUT2D eigenvalue weighted by Crippen LogP contribution is -2.61. The minimum Gasteiger partial charge on any atom is -0.545 e. The number of fused-ring (bicyclic) bond motifs is 6. The summed E-state index contributed by atoms with van der Waals surface area (Å²) < 4.78 is 21.6. The maximum absolute atomic E-state index is 13.5. The number of amides is 3. The Morgan fingerprint density at radius 3 is 2.39 bits per heavy atom. The number of carboxylic acids is 1. The van der Waals surface area contributed by atoms with Crippen LogP contribution in [0, 0.1) is 0 Å². The van der Waals surface area contributed by atoms with E-state index in [1.165, 1.54) is 6.07 Å². The summed E-state index contributed by atoms with van der Waals surface area (Å²) >= 11 is 0. The number of hydroxylamine groups is 2. The third kappa shape index (κ3) is 8.73. The second-order valence-electron chi connectivity index (χ2n) is 19.9. The van der Waals surface area contributed by atoms with E-state index in [9.17, 15) is 29.1 Å². The topological polar surface area (TPSA) is 186 Å². The molecule has 5 aromatic carbocycles. The molecular formula is C58H56N6O10. The van der Waals surface area contributed by atoms with Crippen LogP contribution >= 0.6 is 0 Å². The first-order chi connectivity index (χ1) is 35.4. The van der Waals surface area contributed by atoms with Crippen molar-refractivity contribution in [1.82, 2.24) is 15.0 Å². The number of likely N-dealkylation sites (N-methyl/N-ethyl adjacent to an activating group) is 1. The van der Waals surface area contributed by atoms with Crippen molar-refractivity contribution in [3.8, 4) is 33.9 Å².